The molecule has 0 aromatic heterocycles. The summed E-state index contributed by atoms with van der Waals surface area (Å²) < 4.78 is 11.3. The molecule has 168 valence electrons. The lowest BCUT2D eigenvalue weighted by Crippen LogP contribution is -2.54. The quantitative estimate of drug-likeness (QED) is 0.653. The van der Waals surface area contributed by atoms with Gasteiger partial charge in [-0.3, -0.25) is 14.5 Å². The molecule has 5 aliphatic rings. The maximum atomic E-state index is 12.6. The standard InChI is InChI=1S/C25H39NO4/c1-24-9-7-18(30-23(28)16-26-11-13-29-14-12-26)15-17(24)3-4-19-20-5-6-22(27)25(20,2)10-8-21(19)24/h17-21H,3-16H2,1-2H3/t17-,18-,19-,20-,21-,24-,25-/m0/s1. The van der Waals surface area contributed by atoms with Gasteiger partial charge < -0.3 is 9.47 Å². The largest absolute Gasteiger partial charge is 0.461 e. The third-order valence-corrected chi connectivity index (χ3v) is 10.1. The van der Waals surface area contributed by atoms with Crippen molar-refractivity contribution in [1.29, 1.82) is 0 Å². The molecule has 0 unspecified atom stereocenters. The van der Waals surface area contributed by atoms with Crippen molar-refractivity contribution in [3.8, 4) is 0 Å². The van der Waals surface area contributed by atoms with Gasteiger partial charge in [-0.05, 0) is 80.5 Å². The minimum Gasteiger partial charge on any atom is -0.461 e. The summed E-state index contributed by atoms with van der Waals surface area (Å²) >= 11 is 0. The van der Waals surface area contributed by atoms with Crippen molar-refractivity contribution in [2.75, 3.05) is 32.8 Å². The Bertz CT molecular complexity index is 689. The van der Waals surface area contributed by atoms with Crippen LogP contribution in [0.3, 0.4) is 0 Å². The molecule has 0 N–H and O–H groups in total. The zero-order valence-corrected chi connectivity index (χ0v) is 18.9. The van der Waals surface area contributed by atoms with Crippen molar-refractivity contribution in [1.82, 2.24) is 4.90 Å². The molecule has 0 aromatic carbocycles. The summed E-state index contributed by atoms with van der Waals surface area (Å²) in [5.74, 6) is 3.24. The second-order valence-electron chi connectivity index (χ2n) is 11.3. The van der Waals surface area contributed by atoms with Crippen LogP contribution in [-0.4, -0.2) is 55.6 Å². The van der Waals surface area contributed by atoms with Gasteiger partial charge in [0.25, 0.3) is 0 Å². The molecule has 1 aliphatic heterocycles. The van der Waals surface area contributed by atoms with Gasteiger partial charge in [0.15, 0.2) is 0 Å². The molecular weight excluding hydrogens is 378 g/mol. The molecule has 0 aromatic rings. The van der Waals surface area contributed by atoms with Gasteiger partial charge in [0.2, 0.25) is 0 Å². The number of ketones is 1. The minimum atomic E-state index is -0.0582. The van der Waals surface area contributed by atoms with Crippen molar-refractivity contribution < 1.29 is 19.1 Å². The molecule has 1 saturated heterocycles. The Kier molecular flexibility index (Phi) is 5.50. The molecule has 1 heterocycles. The molecule has 7 atom stereocenters. The second kappa shape index (κ2) is 7.88. The van der Waals surface area contributed by atoms with Crippen molar-refractivity contribution in [2.45, 2.75) is 77.7 Å². The van der Waals surface area contributed by atoms with E-state index in [9.17, 15) is 9.59 Å². The van der Waals surface area contributed by atoms with E-state index in [2.05, 4.69) is 18.7 Å². The summed E-state index contributed by atoms with van der Waals surface area (Å²) in [5, 5.41) is 0. The van der Waals surface area contributed by atoms with Crippen molar-refractivity contribution >= 4 is 11.8 Å². The molecule has 0 spiro atoms. The Morgan fingerprint density at radius 1 is 1.07 bits per heavy atom. The first kappa shape index (κ1) is 20.9. The van der Waals surface area contributed by atoms with Crippen LogP contribution < -0.4 is 0 Å². The van der Waals surface area contributed by atoms with Crippen LogP contribution in [0.15, 0.2) is 0 Å². The van der Waals surface area contributed by atoms with E-state index in [1.165, 1.54) is 25.7 Å². The summed E-state index contributed by atoms with van der Waals surface area (Å²) in [5.41, 5.74) is 0.333. The first-order valence-corrected chi connectivity index (χ1v) is 12.4. The van der Waals surface area contributed by atoms with Crippen LogP contribution in [0.4, 0.5) is 0 Å². The van der Waals surface area contributed by atoms with Gasteiger partial charge in [0.05, 0.1) is 19.8 Å². The van der Waals surface area contributed by atoms with Gasteiger partial charge in [0, 0.05) is 24.9 Å². The smallest absolute Gasteiger partial charge is 0.320 e. The summed E-state index contributed by atoms with van der Waals surface area (Å²) in [6, 6.07) is 0. The monoisotopic (exact) mass is 417 g/mol. The molecule has 5 fully saturated rings. The first-order chi connectivity index (χ1) is 14.4. The summed E-state index contributed by atoms with van der Waals surface area (Å²) in [6.45, 7) is 8.28. The predicted octanol–water partition coefficient (Wildman–Crippen LogP) is 3.84. The van der Waals surface area contributed by atoms with Crippen molar-refractivity contribution in [2.24, 2.45) is 34.5 Å². The van der Waals surface area contributed by atoms with E-state index < -0.39 is 0 Å². The fraction of sp³-hybridized carbons (Fsp3) is 0.920. The van der Waals surface area contributed by atoms with Gasteiger partial charge in [-0.25, -0.2) is 0 Å². The lowest BCUT2D eigenvalue weighted by atomic mass is 9.45. The molecule has 4 aliphatic carbocycles. The Labute approximate surface area is 181 Å². The summed E-state index contributed by atoms with van der Waals surface area (Å²) in [6.07, 6.45) is 10.1. The third kappa shape index (κ3) is 3.44. The first-order valence-electron chi connectivity index (χ1n) is 12.4. The molecule has 0 radical (unpaired) electrons. The average Bonchev–Trinajstić information content (AvgIpc) is 3.04. The van der Waals surface area contributed by atoms with E-state index >= 15 is 0 Å². The molecule has 5 rings (SSSR count). The van der Waals surface area contributed by atoms with Crippen LogP contribution in [0.5, 0.6) is 0 Å². The van der Waals surface area contributed by atoms with E-state index in [0.29, 0.717) is 42.8 Å². The highest BCUT2D eigenvalue weighted by Gasteiger charge is 2.60. The Morgan fingerprint density at radius 3 is 2.67 bits per heavy atom. The van der Waals surface area contributed by atoms with E-state index in [0.717, 1.165) is 57.0 Å². The van der Waals surface area contributed by atoms with Crippen molar-refractivity contribution in [3.05, 3.63) is 0 Å². The van der Waals surface area contributed by atoms with Gasteiger partial charge in [-0.2, -0.15) is 0 Å². The van der Waals surface area contributed by atoms with Crippen LogP contribution in [0.25, 0.3) is 0 Å². The number of rotatable bonds is 3. The highest BCUT2D eigenvalue weighted by Crippen LogP contribution is 2.65. The van der Waals surface area contributed by atoms with Gasteiger partial charge in [-0.1, -0.05) is 13.8 Å². The van der Waals surface area contributed by atoms with Crippen molar-refractivity contribution in [3.63, 3.8) is 0 Å². The summed E-state index contributed by atoms with van der Waals surface area (Å²) in [7, 11) is 0. The van der Waals surface area contributed by atoms with E-state index in [4.69, 9.17) is 9.47 Å². The highest BCUT2D eigenvalue weighted by atomic mass is 16.5. The highest BCUT2D eigenvalue weighted by molar-refractivity contribution is 5.87. The van der Waals surface area contributed by atoms with E-state index in [-0.39, 0.29) is 17.5 Å². The molecule has 4 saturated carbocycles. The van der Waals surface area contributed by atoms with E-state index in [1.54, 1.807) is 0 Å². The summed E-state index contributed by atoms with van der Waals surface area (Å²) in [4.78, 5) is 27.2. The minimum absolute atomic E-state index is 0.0312. The Balaban J connectivity index is 1.21. The molecular formula is C25H39NO4. The van der Waals surface area contributed by atoms with Gasteiger partial charge in [-0.15, -0.1) is 0 Å². The van der Waals surface area contributed by atoms with Crippen LogP contribution in [0, 0.1) is 34.5 Å². The number of carbonyl (C=O) groups excluding carboxylic acids is 2. The maximum absolute atomic E-state index is 12.6. The number of hydrogen-bond donors (Lipinski definition) is 0. The SMILES string of the molecule is C[C@]12CC[C@H](OC(=O)CN3CCOCC3)C[C@@H]1CC[C@@H]1[C@@H]2CC[C@]2(C)C(=O)CC[C@@H]12. The molecule has 5 heteroatoms. The number of ether oxygens (including phenoxy) is 2. The third-order valence-electron chi connectivity index (χ3n) is 10.1. The Morgan fingerprint density at radius 2 is 1.87 bits per heavy atom. The normalized spacial score (nSPS) is 46.6. The fourth-order valence-corrected chi connectivity index (χ4v) is 8.26. The molecule has 5 nitrogen and oxygen atoms in total. The number of morpholine rings is 1. The lowest BCUT2D eigenvalue weighted by molar-refractivity contribution is -0.163. The zero-order valence-electron chi connectivity index (χ0n) is 18.9. The van der Waals surface area contributed by atoms with Crippen LogP contribution in [0.1, 0.15) is 71.6 Å². The van der Waals surface area contributed by atoms with Crippen LogP contribution in [-0.2, 0) is 19.1 Å². The average molecular weight is 418 g/mol. The number of fused-ring (bicyclic) bond motifs is 5. The molecule has 0 amide bonds. The fourth-order valence-electron chi connectivity index (χ4n) is 8.26. The predicted molar refractivity (Wildman–Crippen MR) is 114 cm³/mol. The van der Waals surface area contributed by atoms with Gasteiger partial charge >= 0.3 is 5.97 Å². The number of esters is 1. The second-order valence-corrected chi connectivity index (χ2v) is 11.3. The van der Waals surface area contributed by atoms with Crippen LogP contribution in [0.2, 0.25) is 0 Å². The molecule has 30 heavy (non-hydrogen) atoms. The number of hydrogen-bond acceptors (Lipinski definition) is 5. The van der Waals surface area contributed by atoms with Crippen LogP contribution >= 0.6 is 0 Å². The maximum Gasteiger partial charge on any atom is 0.320 e. The topological polar surface area (TPSA) is 55.8 Å². The molecule has 0 bridgehead atoms. The van der Waals surface area contributed by atoms with E-state index in [1.807, 2.05) is 0 Å². The number of nitrogens with zero attached hydrogens (tertiary/aromatic N) is 1. The zero-order chi connectivity index (χ0) is 20.9. The van der Waals surface area contributed by atoms with Gasteiger partial charge in [0.1, 0.15) is 11.9 Å². The Hall–Kier alpha value is -0.940. The number of Topliss-reactive ketones (excluding diaryl/α,β-unsaturated/α-hetero) is 1. The number of carbonyl (C=O) groups is 2. The lowest BCUT2D eigenvalue weighted by Gasteiger charge is -2.60.